The molecule has 0 amide bonds. The maximum absolute atomic E-state index is 10.6. The zero-order valence-electron chi connectivity index (χ0n) is 12.9. The molecule has 0 aliphatic rings. The monoisotopic (exact) mass is 382 g/mol. The van der Waals surface area contributed by atoms with E-state index in [1.54, 1.807) is 31.2 Å². The van der Waals surface area contributed by atoms with Crippen molar-refractivity contribution in [2.75, 3.05) is 0 Å². The van der Waals surface area contributed by atoms with E-state index in [2.05, 4.69) is 0 Å². The van der Waals surface area contributed by atoms with Crippen LogP contribution in [0.5, 0.6) is 0 Å². The van der Waals surface area contributed by atoms with Crippen molar-refractivity contribution in [3.8, 4) is 0 Å². The van der Waals surface area contributed by atoms with Gasteiger partial charge in [-0.05, 0) is 19.1 Å². The van der Waals surface area contributed by atoms with Gasteiger partial charge in [-0.25, -0.2) is 0 Å². The molecule has 0 aliphatic heterocycles. The lowest BCUT2D eigenvalue weighted by Crippen LogP contribution is -1.94. The van der Waals surface area contributed by atoms with Gasteiger partial charge >= 0.3 is 0 Å². The van der Waals surface area contributed by atoms with Crippen LogP contribution in [0.1, 0.15) is 22.8 Å². The van der Waals surface area contributed by atoms with Crippen LogP contribution in [0.25, 0.3) is 6.08 Å². The van der Waals surface area contributed by atoms with Crippen molar-refractivity contribution in [1.82, 2.24) is 0 Å². The molecule has 130 valence electrons. The number of hydrogen-bond donors (Lipinski definition) is 0. The van der Waals surface area contributed by atoms with Crippen molar-refractivity contribution >= 4 is 46.9 Å². The van der Waals surface area contributed by atoms with E-state index >= 15 is 0 Å². The molecule has 0 aliphatic carbocycles. The van der Waals surface area contributed by atoms with Gasteiger partial charge in [-0.1, -0.05) is 47.5 Å². The number of hydrogen-bond acceptors (Lipinski definition) is 5. The van der Waals surface area contributed by atoms with Gasteiger partial charge in [0.15, 0.2) is 6.29 Å². The van der Waals surface area contributed by atoms with Crippen molar-refractivity contribution < 1.29 is 14.6 Å². The third-order valence-electron chi connectivity index (χ3n) is 2.90. The molecule has 0 atom stereocenters. The summed E-state index contributed by atoms with van der Waals surface area (Å²) in [7, 11) is 0. The normalized spacial score (nSPS) is 10.0. The van der Waals surface area contributed by atoms with Gasteiger partial charge < -0.3 is 0 Å². The summed E-state index contributed by atoms with van der Waals surface area (Å²) in [5.74, 6) is 0. The molecule has 0 radical (unpaired) electrons. The number of carbonyl (C=O) groups is 1. The second kappa shape index (κ2) is 9.51. The van der Waals surface area contributed by atoms with Gasteiger partial charge in [0, 0.05) is 12.1 Å². The Morgan fingerprint density at radius 1 is 0.880 bits per heavy atom. The topological polar surface area (TPSA) is 103 Å². The van der Waals surface area contributed by atoms with Crippen LogP contribution in [-0.2, 0) is 0 Å². The number of rotatable bonds is 4. The van der Waals surface area contributed by atoms with E-state index in [0.29, 0.717) is 16.9 Å². The summed E-state index contributed by atoms with van der Waals surface area (Å²) < 4.78 is 0. The molecule has 0 fully saturated rings. The van der Waals surface area contributed by atoms with Gasteiger partial charge in [-0.3, -0.25) is 25.0 Å². The molecule has 25 heavy (non-hydrogen) atoms. The molecule has 0 saturated heterocycles. The quantitative estimate of drug-likeness (QED) is 0.403. The fourth-order valence-electron chi connectivity index (χ4n) is 1.82. The molecule has 2 aromatic carbocycles. The van der Waals surface area contributed by atoms with Gasteiger partial charge in [0.2, 0.25) is 0 Å². The first-order chi connectivity index (χ1) is 11.8. The van der Waals surface area contributed by atoms with Crippen LogP contribution in [0.4, 0.5) is 11.4 Å². The van der Waals surface area contributed by atoms with Crippen molar-refractivity contribution in [3.05, 3.63) is 83.9 Å². The predicted molar refractivity (Wildman–Crippen MR) is 96.3 cm³/mol. The molecule has 9 heteroatoms. The number of nitrogens with zero attached hydrogens (tertiary/aromatic N) is 2. The van der Waals surface area contributed by atoms with E-state index < -0.39 is 9.85 Å². The standard InChI is InChI=1S/C9H8ClNO2.C7H4ClNO3/c1-2-4-7-8(10)5-3-6-9(7)11(12)13;8-6-2-1-3-7(9(11)12)5(6)4-10/h2-6H,1H3;1-4H. The maximum Gasteiger partial charge on any atom is 0.281 e. The lowest BCUT2D eigenvalue weighted by molar-refractivity contribution is -0.385. The molecular formula is C16H12Cl2N2O5. The van der Waals surface area contributed by atoms with Crippen LogP contribution < -0.4 is 0 Å². The zero-order chi connectivity index (χ0) is 19.0. The van der Waals surface area contributed by atoms with E-state index in [-0.39, 0.29) is 22.0 Å². The lowest BCUT2D eigenvalue weighted by Gasteiger charge is -1.98. The third kappa shape index (κ3) is 5.37. The van der Waals surface area contributed by atoms with Crippen molar-refractivity contribution in [2.24, 2.45) is 0 Å². The number of aldehydes is 1. The van der Waals surface area contributed by atoms with Crippen molar-refractivity contribution in [1.29, 1.82) is 0 Å². The van der Waals surface area contributed by atoms with E-state index in [1.807, 2.05) is 0 Å². The first kappa shape index (κ1) is 20.3. The summed E-state index contributed by atoms with van der Waals surface area (Å²) in [6.45, 7) is 1.78. The number of benzene rings is 2. The Hall–Kier alpha value is -2.77. The fraction of sp³-hybridized carbons (Fsp3) is 0.0625. The minimum absolute atomic E-state index is 0.0330. The molecule has 0 spiro atoms. The largest absolute Gasteiger partial charge is 0.298 e. The van der Waals surface area contributed by atoms with Crippen LogP contribution in [-0.4, -0.2) is 16.1 Å². The Morgan fingerprint density at radius 2 is 1.32 bits per heavy atom. The zero-order valence-corrected chi connectivity index (χ0v) is 14.4. The van der Waals surface area contributed by atoms with Crippen molar-refractivity contribution in [3.63, 3.8) is 0 Å². The molecule has 0 aromatic heterocycles. The second-order valence-corrected chi connectivity index (χ2v) is 5.29. The fourth-order valence-corrected chi connectivity index (χ4v) is 2.26. The molecule has 0 N–H and O–H groups in total. The third-order valence-corrected chi connectivity index (χ3v) is 3.56. The van der Waals surface area contributed by atoms with Gasteiger partial charge in [0.05, 0.1) is 25.5 Å². The summed E-state index contributed by atoms with van der Waals surface area (Å²) >= 11 is 11.3. The molecular weight excluding hydrogens is 371 g/mol. The number of allylic oxidation sites excluding steroid dienone is 1. The SMILES string of the molecule is CC=Cc1c(Cl)cccc1[N+](=O)[O-].O=Cc1c(Cl)cccc1[N+](=O)[O-]. The highest BCUT2D eigenvalue weighted by Gasteiger charge is 2.15. The van der Waals surface area contributed by atoms with Crippen LogP contribution in [0.15, 0.2) is 42.5 Å². The first-order valence-electron chi connectivity index (χ1n) is 6.77. The van der Waals surface area contributed by atoms with E-state index in [1.165, 1.54) is 24.3 Å². The average Bonchev–Trinajstić information content (AvgIpc) is 2.57. The number of nitro benzene ring substituents is 2. The number of nitro groups is 2. The van der Waals surface area contributed by atoms with Crippen LogP contribution >= 0.6 is 23.2 Å². The van der Waals surface area contributed by atoms with E-state index in [4.69, 9.17) is 23.2 Å². The minimum Gasteiger partial charge on any atom is -0.298 e. The molecule has 7 nitrogen and oxygen atoms in total. The minimum atomic E-state index is -0.643. The van der Waals surface area contributed by atoms with Crippen molar-refractivity contribution in [2.45, 2.75) is 6.92 Å². The highest BCUT2D eigenvalue weighted by atomic mass is 35.5. The smallest absolute Gasteiger partial charge is 0.281 e. The average molecular weight is 383 g/mol. The highest BCUT2D eigenvalue weighted by molar-refractivity contribution is 6.33. The van der Waals surface area contributed by atoms with Gasteiger partial charge in [-0.15, -0.1) is 0 Å². The first-order valence-corrected chi connectivity index (χ1v) is 7.52. The van der Waals surface area contributed by atoms with Gasteiger partial charge in [-0.2, -0.15) is 0 Å². The molecule has 0 unspecified atom stereocenters. The number of halogens is 2. The Balaban J connectivity index is 0.000000251. The van der Waals surface area contributed by atoms with Gasteiger partial charge in [0.1, 0.15) is 5.56 Å². The van der Waals surface area contributed by atoms with E-state index in [9.17, 15) is 25.0 Å². The van der Waals surface area contributed by atoms with E-state index in [0.717, 1.165) is 0 Å². The molecule has 2 aromatic rings. The summed E-state index contributed by atoms with van der Waals surface area (Å²) in [5.41, 5.74) is 0.143. The summed E-state index contributed by atoms with van der Waals surface area (Å²) in [6, 6.07) is 8.71. The Kier molecular flexibility index (Phi) is 7.71. The van der Waals surface area contributed by atoms with Crippen LogP contribution in [0.2, 0.25) is 10.0 Å². The highest BCUT2D eigenvalue weighted by Crippen LogP contribution is 2.27. The Labute approximate surface area is 152 Å². The molecule has 0 heterocycles. The Bertz CT molecular complexity index is 837. The maximum atomic E-state index is 10.6. The van der Waals surface area contributed by atoms with Gasteiger partial charge in [0.25, 0.3) is 11.4 Å². The number of carbonyl (C=O) groups excluding carboxylic acids is 1. The predicted octanol–water partition coefficient (Wildman–Crippen LogP) is 5.34. The molecule has 0 bridgehead atoms. The summed E-state index contributed by atoms with van der Waals surface area (Å²) in [4.78, 5) is 30.2. The molecule has 0 saturated carbocycles. The lowest BCUT2D eigenvalue weighted by atomic mass is 10.1. The van der Waals surface area contributed by atoms with Crippen LogP contribution in [0, 0.1) is 20.2 Å². The summed E-state index contributed by atoms with van der Waals surface area (Å²) in [5, 5.41) is 21.4. The summed E-state index contributed by atoms with van der Waals surface area (Å²) in [6.07, 6.45) is 3.72. The Morgan fingerprint density at radius 3 is 1.68 bits per heavy atom. The second-order valence-electron chi connectivity index (χ2n) is 4.48. The molecule has 2 rings (SSSR count). The van der Waals surface area contributed by atoms with Crippen LogP contribution in [0.3, 0.4) is 0 Å².